The molecular formula is C12H17NO2S. The number of nitrogens with two attached hydrogens (primary N) is 1. The number of benzene rings is 1. The highest BCUT2D eigenvalue weighted by Gasteiger charge is 2.29. The first kappa shape index (κ1) is 13.1. The minimum absolute atomic E-state index is 0.368. The minimum atomic E-state index is -0.909. The summed E-state index contributed by atoms with van der Waals surface area (Å²) < 4.78 is 4.64. The number of carbonyl (C=O) groups excluding carboxylic acids is 1. The predicted octanol–water partition coefficient (Wildman–Crippen LogP) is 1.81. The summed E-state index contributed by atoms with van der Waals surface area (Å²) in [7, 11) is 1.36. The first-order valence-corrected chi connectivity index (χ1v) is 6.21. The van der Waals surface area contributed by atoms with Gasteiger partial charge in [0.05, 0.1) is 7.11 Å². The largest absolute Gasteiger partial charge is 0.468 e. The molecule has 0 bridgehead atoms. The van der Waals surface area contributed by atoms with Crippen LogP contribution in [0, 0.1) is 0 Å². The van der Waals surface area contributed by atoms with Crippen LogP contribution in [0.25, 0.3) is 0 Å². The molecule has 1 aromatic rings. The van der Waals surface area contributed by atoms with Crippen LogP contribution in [0.2, 0.25) is 0 Å². The molecule has 0 fully saturated rings. The Bertz CT molecular complexity index is 338. The Labute approximate surface area is 100 Å². The van der Waals surface area contributed by atoms with Crippen LogP contribution in [-0.4, -0.2) is 24.4 Å². The molecule has 0 aliphatic rings. The minimum Gasteiger partial charge on any atom is -0.468 e. The summed E-state index contributed by atoms with van der Waals surface area (Å²) >= 11 is 1.63. The molecule has 16 heavy (non-hydrogen) atoms. The summed E-state index contributed by atoms with van der Waals surface area (Å²) in [5.74, 6) is 1.03. The smallest absolute Gasteiger partial charge is 0.326 e. The van der Waals surface area contributed by atoms with Gasteiger partial charge < -0.3 is 10.5 Å². The number of esters is 1. The van der Waals surface area contributed by atoms with Crippen LogP contribution >= 0.6 is 11.8 Å². The Hall–Kier alpha value is -1.00. The SMILES string of the molecule is COC(=O)[C@](C)(N)CSCc1ccccc1. The van der Waals surface area contributed by atoms with E-state index in [0.29, 0.717) is 5.75 Å². The summed E-state index contributed by atoms with van der Waals surface area (Å²) in [5.41, 5.74) is 6.16. The van der Waals surface area contributed by atoms with Gasteiger partial charge in [-0.1, -0.05) is 30.3 Å². The van der Waals surface area contributed by atoms with Crippen molar-refractivity contribution >= 4 is 17.7 Å². The Morgan fingerprint density at radius 1 is 1.44 bits per heavy atom. The number of rotatable bonds is 5. The van der Waals surface area contributed by atoms with Crippen molar-refractivity contribution in [1.29, 1.82) is 0 Å². The fourth-order valence-electron chi connectivity index (χ4n) is 1.25. The van der Waals surface area contributed by atoms with E-state index in [0.717, 1.165) is 5.75 Å². The normalized spacial score (nSPS) is 14.2. The van der Waals surface area contributed by atoms with Crippen molar-refractivity contribution in [1.82, 2.24) is 0 Å². The second kappa shape index (κ2) is 5.92. The first-order valence-electron chi connectivity index (χ1n) is 5.05. The molecule has 0 radical (unpaired) electrons. The molecule has 0 aliphatic carbocycles. The van der Waals surface area contributed by atoms with Gasteiger partial charge >= 0.3 is 5.97 Å². The lowest BCUT2D eigenvalue weighted by Gasteiger charge is -2.20. The van der Waals surface area contributed by atoms with Crippen molar-refractivity contribution in [2.24, 2.45) is 5.73 Å². The monoisotopic (exact) mass is 239 g/mol. The van der Waals surface area contributed by atoms with E-state index in [-0.39, 0.29) is 5.97 Å². The van der Waals surface area contributed by atoms with E-state index in [1.54, 1.807) is 18.7 Å². The quantitative estimate of drug-likeness (QED) is 0.796. The van der Waals surface area contributed by atoms with Gasteiger partial charge in [-0.25, -0.2) is 0 Å². The molecule has 4 heteroatoms. The van der Waals surface area contributed by atoms with Gasteiger partial charge in [-0.2, -0.15) is 11.8 Å². The van der Waals surface area contributed by atoms with E-state index in [2.05, 4.69) is 16.9 Å². The molecule has 1 aromatic carbocycles. The third-order valence-corrected chi connectivity index (χ3v) is 3.51. The topological polar surface area (TPSA) is 52.3 Å². The number of carbonyl (C=O) groups is 1. The highest BCUT2D eigenvalue weighted by atomic mass is 32.2. The van der Waals surface area contributed by atoms with Gasteiger partial charge in [0, 0.05) is 11.5 Å². The number of ether oxygens (including phenoxy) is 1. The average Bonchev–Trinajstić information content (AvgIpc) is 2.29. The maximum absolute atomic E-state index is 11.3. The molecule has 1 atom stereocenters. The van der Waals surface area contributed by atoms with Gasteiger partial charge in [0.15, 0.2) is 0 Å². The van der Waals surface area contributed by atoms with Crippen LogP contribution in [0.1, 0.15) is 12.5 Å². The van der Waals surface area contributed by atoms with Crippen LogP contribution in [-0.2, 0) is 15.3 Å². The van der Waals surface area contributed by atoms with Crippen molar-refractivity contribution in [3.63, 3.8) is 0 Å². The molecule has 0 aliphatic heterocycles. The highest BCUT2D eigenvalue weighted by molar-refractivity contribution is 7.98. The molecule has 0 amide bonds. The van der Waals surface area contributed by atoms with Gasteiger partial charge in [-0.3, -0.25) is 4.79 Å². The van der Waals surface area contributed by atoms with E-state index < -0.39 is 5.54 Å². The predicted molar refractivity (Wildman–Crippen MR) is 67.2 cm³/mol. The second-order valence-corrected chi connectivity index (χ2v) is 4.87. The summed E-state index contributed by atoms with van der Waals surface area (Å²) in [5, 5.41) is 0. The van der Waals surface area contributed by atoms with Crippen molar-refractivity contribution in [3.8, 4) is 0 Å². The molecule has 2 N–H and O–H groups in total. The Balaban J connectivity index is 2.38. The van der Waals surface area contributed by atoms with Crippen molar-refractivity contribution < 1.29 is 9.53 Å². The molecule has 88 valence electrons. The molecule has 0 unspecified atom stereocenters. The summed E-state index contributed by atoms with van der Waals surface area (Å²) in [6.07, 6.45) is 0. The molecule has 0 spiro atoms. The third kappa shape index (κ3) is 3.87. The average molecular weight is 239 g/mol. The van der Waals surface area contributed by atoms with Gasteiger partial charge in [-0.15, -0.1) is 0 Å². The summed E-state index contributed by atoms with van der Waals surface area (Å²) in [4.78, 5) is 11.3. The van der Waals surface area contributed by atoms with Crippen LogP contribution in [0.5, 0.6) is 0 Å². The molecule has 3 nitrogen and oxygen atoms in total. The lowest BCUT2D eigenvalue weighted by molar-refractivity contribution is -0.145. The zero-order valence-electron chi connectivity index (χ0n) is 9.60. The number of hydrogen-bond donors (Lipinski definition) is 1. The molecular weight excluding hydrogens is 222 g/mol. The van der Waals surface area contributed by atoms with Gasteiger partial charge in [0.2, 0.25) is 0 Å². The third-order valence-electron chi connectivity index (χ3n) is 2.17. The highest BCUT2D eigenvalue weighted by Crippen LogP contribution is 2.17. The van der Waals surface area contributed by atoms with E-state index in [9.17, 15) is 4.79 Å². The summed E-state index contributed by atoms with van der Waals surface area (Å²) in [6.45, 7) is 1.69. The van der Waals surface area contributed by atoms with E-state index in [1.165, 1.54) is 12.7 Å². The Morgan fingerprint density at radius 2 is 2.06 bits per heavy atom. The maximum Gasteiger partial charge on any atom is 0.326 e. The van der Waals surface area contributed by atoms with Gasteiger partial charge in [0.25, 0.3) is 0 Å². The first-order chi connectivity index (χ1) is 7.56. The van der Waals surface area contributed by atoms with E-state index in [1.807, 2.05) is 18.2 Å². The summed E-state index contributed by atoms with van der Waals surface area (Å²) in [6, 6.07) is 10.1. The molecule has 0 saturated heterocycles. The number of thioether (sulfide) groups is 1. The molecule has 0 saturated carbocycles. The Morgan fingerprint density at radius 3 is 2.62 bits per heavy atom. The molecule has 0 heterocycles. The van der Waals surface area contributed by atoms with E-state index >= 15 is 0 Å². The fraction of sp³-hybridized carbons (Fsp3) is 0.417. The Kier molecular flexibility index (Phi) is 4.83. The standard InChI is InChI=1S/C12H17NO2S/c1-12(13,11(14)15-2)9-16-8-10-6-4-3-5-7-10/h3-7H,8-9,13H2,1-2H3/t12-/m1/s1. The van der Waals surface area contributed by atoms with Crippen molar-refractivity contribution in [3.05, 3.63) is 35.9 Å². The molecule has 1 rings (SSSR count). The zero-order chi connectivity index (χ0) is 12.0. The van der Waals surface area contributed by atoms with E-state index in [4.69, 9.17) is 5.73 Å². The van der Waals surface area contributed by atoms with Crippen LogP contribution in [0.15, 0.2) is 30.3 Å². The van der Waals surface area contributed by atoms with Crippen molar-refractivity contribution in [2.75, 3.05) is 12.9 Å². The number of methoxy groups -OCH3 is 1. The zero-order valence-corrected chi connectivity index (χ0v) is 10.4. The van der Waals surface area contributed by atoms with Gasteiger partial charge in [0.1, 0.15) is 5.54 Å². The molecule has 0 aromatic heterocycles. The van der Waals surface area contributed by atoms with Crippen molar-refractivity contribution in [2.45, 2.75) is 18.2 Å². The maximum atomic E-state index is 11.3. The lowest BCUT2D eigenvalue weighted by atomic mass is 10.1. The number of hydrogen-bond acceptors (Lipinski definition) is 4. The van der Waals surface area contributed by atoms with Crippen LogP contribution in [0.4, 0.5) is 0 Å². The second-order valence-electron chi connectivity index (χ2n) is 3.89. The lowest BCUT2D eigenvalue weighted by Crippen LogP contribution is -2.48. The fourth-order valence-corrected chi connectivity index (χ4v) is 2.32. The van der Waals surface area contributed by atoms with Crippen LogP contribution < -0.4 is 5.73 Å². The van der Waals surface area contributed by atoms with Gasteiger partial charge in [-0.05, 0) is 12.5 Å². The van der Waals surface area contributed by atoms with Crippen LogP contribution in [0.3, 0.4) is 0 Å².